The summed E-state index contributed by atoms with van der Waals surface area (Å²) in [7, 11) is -2.34. The lowest BCUT2D eigenvalue weighted by atomic mass is 10.7. The number of hydrogen-bond donors (Lipinski definition) is 2. The fourth-order valence-corrected chi connectivity index (χ4v) is 2.71. The number of aromatic nitrogens is 2. The summed E-state index contributed by atoms with van der Waals surface area (Å²) in [6.45, 7) is 0. The molecule has 0 radical (unpaired) electrons. The zero-order chi connectivity index (χ0) is 10.8. The van der Waals surface area contributed by atoms with Gasteiger partial charge in [-0.3, -0.25) is 4.79 Å². The minimum absolute atomic E-state index is 0.0560. The summed E-state index contributed by atoms with van der Waals surface area (Å²) in [6.07, 6.45) is 0. The number of nitrogens with two attached hydrogens (primary N) is 1. The number of sulfone groups is 1. The standard InChI is InChI=1S/C5H8N4O3S2/c1-7-3(10)2-14(11,12)5-9-8-4(6)13-5/h2H2,1H3,(H2,6,8)(H,7,10). The number of rotatable bonds is 3. The van der Waals surface area contributed by atoms with Crippen LogP contribution in [0.1, 0.15) is 0 Å². The van der Waals surface area contributed by atoms with Crippen molar-refractivity contribution in [1.29, 1.82) is 0 Å². The molecule has 1 heterocycles. The molecule has 1 rings (SSSR count). The molecule has 9 heteroatoms. The SMILES string of the molecule is CNC(=O)CS(=O)(=O)c1nnc(N)s1. The first-order chi connectivity index (χ1) is 6.45. The van der Waals surface area contributed by atoms with Crippen LogP contribution in [0.15, 0.2) is 4.34 Å². The largest absolute Gasteiger partial charge is 0.374 e. The fourth-order valence-electron chi connectivity index (χ4n) is 0.653. The number of carbonyl (C=O) groups excluding carboxylic acids is 1. The molecule has 14 heavy (non-hydrogen) atoms. The highest BCUT2D eigenvalue weighted by Gasteiger charge is 2.22. The lowest BCUT2D eigenvalue weighted by molar-refractivity contribution is -0.118. The van der Waals surface area contributed by atoms with E-state index in [1.807, 2.05) is 0 Å². The van der Waals surface area contributed by atoms with E-state index < -0.39 is 21.5 Å². The monoisotopic (exact) mass is 236 g/mol. The van der Waals surface area contributed by atoms with E-state index in [-0.39, 0.29) is 9.47 Å². The highest BCUT2D eigenvalue weighted by molar-refractivity contribution is 7.94. The lowest BCUT2D eigenvalue weighted by Gasteiger charge is -1.97. The van der Waals surface area contributed by atoms with Crippen molar-refractivity contribution in [3.8, 4) is 0 Å². The van der Waals surface area contributed by atoms with Gasteiger partial charge in [0, 0.05) is 7.05 Å². The molecule has 0 saturated heterocycles. The number of hydrogen-bond acceptors (Lipinski definition) is 7. The van der Waals surface area contributed by atoms with E-state index in [4.69, 9.17) is 5.73 Å². The Bertz CT molecular complexity index is 438. The van der Waals surface area contributed by atoms with Crippen LogP contribution in [0.2, 0.25) is 0 Å². The van der Waals surface area contributed by atoms with Crippen LogP contribution in [0, 0.1) is 0 Å². The Hall–Kier alpha value is -1.22. The van der Waals surface area contributed by atoms with Gasteiger partial charge in [-0.2, -0.15) is 0 Å². The molecule has 7 nitrogen and oxygen atoms in total. The van der Waals surface area contributed by atoms with Crippen molar-refractivity contribution >= 4 is 32.2 Å². The first kappa shape index (κ1) is 10.9. The summed E-state index contributed by atoms with van der Waals surface area (Å²) >= 11 is 0.735. The highest BCUT2D eigenvalue weighted by atomic mass is 32.2. The van der Waals surface area contributed by atoms with Gasteiger partial charge in [0.15, 0.2) is 0 Å². The molecule has 3 N–H and O–H groups in total. The first-order valence-electron chi connectivity index (χ1n) is 3.48. The summed E-state index contributed by atoms with van der Waals surface area (Å²) in [5.41, 5.74) is 5.22. The van der Waals surface area contributed by atoms with Crippen LogP contribution >= 0.6 is 11.3 Å². The van der Waals surface area contributed by atoms with Gasteiger partial charge in [0.2, 0.25) is 25.2 Å². The van der Waals surface area contributed by atoms with Crippen LogP contribution in [0.4, 0.5) is 5.13 Å². The number of carbonyl (C=O) groups is 1. The van der Waals surface area contributed by atoms with Crippen molar-refractivity contribution in [3.63, 3.8) is 0 Å². The maximum absolute atomic E-state index is 11.4. The van der Waals surface area contributed by atoms with Crippen LogP contribution in [0.25, 0.3) is 0 Å². The molecule has 0 aliphatic rings. The van der Waals surface area contributed by atoms with E-state index in [1.165, 1.54) is 7.05 Å². The van der Waals surface area contributed by atoms with Crippen molar-refractivity contribution < 1.29 is 13.2 Å². The Morgan fingerprint density at radius 3 is 2.64 bits per heavy atom. The second-order valence-corrected chi connectivity index (χ2v) is 5.51. The molecule has 0 fully saturated rings. The predicted molar refractivity (Wildman–Crippen MR) is 50.4 cm³/mol. The van der Waals surface area contributed by atoms with Gasteiger partial charge in [0.05, 0.1) is 0 Å². The van der Waals surface area contributed by atoms with Crippen LogP contribution in [-0.4, -0.2) is 37.3 Å². The number of nitrogen functional groups attached to an aromatic ring is 1. The van der Waals surface area contributed by atoms with Gasteiger partial charge in [-0.15, -0.1) is 10.2 Å². The van der Waals surface area contributed by atoms with Crippen molar-refractivity contribution in [2.45, 2.75) is 4.34 Å². The van der Waals surface area contributed by atoms with E-state index in [1.54, 1.807) is 0 Å². The molecule has 0 aromatic carbocycles. The van der Waals surface area contributed by atoms with Gasteiger partial charge in [-0.1, -0.05) is 11.3 Å². The smallest absolute Gasteiger partial charge is 0.235 e. The molecule has 0 aliphatic heterocycles. The first-order valence-corrected chi connectivity index (χ1v) is 5.95. The second kappa shape index (κ2) is 3.88. The molecular weight excluding hydrogens is 228 g/mol. The minimum Gasteiger partial charge on any atom is -0.374 e. The van der Waals surface area contributed by atoms with Crippen molar-refractivity contribution in [1.82, 2.24) is 15.5 Å². The highest BCUT2D eigenvalue weighted by Crippen LogP contribution is 2.17. The summed E-state index contributed by atoms with van der Waals surface area (Å²) < 4.78 is 22.6. The van der Waals surface area contributed by atoms with Crippen molar-refractivity contribution in [3.05, 3.63) is 0 Å². The van der Waals surface area contributed by atoms with Gasteiger partial charge < -0.3 is 11.1 Å². The van der Waals surface area contributed by atoms with Crippen LogP contribution in [-0.2, 0) is 14.6 Å². The number of amides is 1. The summed E-state index contributed by atoms with van der Waals surface area (Å²) in [6, 6.07) is 0. The van der Waals surface area contributed by atoms with Crippen LogP contribution in [0.5, 0.6) is 0 Å². The van der Waals surface area contributed by atoms with Gasteiger partial charge in [0.25, 0.3) is 0 Å². The Morgan fingerprint density at radius 2 is 2.21 bits per heavy atom. The second-order valence-electron chi connectivity index (χ2n) is 2.34. The van der Waals surface area contributed by atoms with Gasteiger partial charge in [-0.25, -0.2) is 8.42 Å². The molecule has 1 aromatic rings. The molecule has 1 aromatic heterocycles. The molecule has 1 amide bonds. The van der Waals surface area contributed by atoms with E-state index >= 15 is 0 Å². The molecule has 78 valence electrons. The van der Waals surface area contributed by atoms with E-state index in [0.29, 0.717) is 0 Å². The average Bonchev–Trinajstić information content (AvgIpc) is 2.51. The minimum atomic E-state index is -3.70. The molecule has 0 unspecified atom stereocenters. The quantitative estimate of drug-likeness (QED) is 0.669. The molecule has 0 spiro atoms. The zero-order valence-electron chi connectivity index (χ0n) is 7.22. The van der Waals surface area contributed by atoms with E-state index in [9.17, 15) is 13.2 Å². The normalized spacial score (nSPS) is 11.2. The van der Waals surface area contributed by atoms with E-state index in [0.717, 1.165) is 11.3 Å². The van der Waals surface area contributed by atoms with Crippen molar-refractivity contribution in [2.24, 2.45) is 0 Å². The van der Waals surface area contributed by atoms with Gasteiger partial charge >= 0.3 is 0 Å². The predicted octanol–water partition coefficient (Wildman–Crippen LogP) is -1.36. The maximum atomic E-state index is 11.4. The molecule has 0 bridgehead atoms. The van der Waals surface area contributed by atoms with E-state index in [2.05, 4.69) is 15.5 Å². The summed E-state index contributed by atoms with van der Waals surface area (Å²) in [4.78, 5) is 10.8. The molecular formula is C5H8N4O3S2. The average molecular weight is 236 g/mol. The Labute approximate surface area is 84.3 Å². The summed E-state index contributed by atoms with van der Waals surface area (Å²) in [5.74, 6) is -1.24. The third-order valence-corrected chi connectivity index (χ3v) is 4.10. The topological polar surface area (TPSA) is 115 Å². The fraction of sp³-hybridized carbons (Fsp3) is 0.400. The van der Waals surface area contributed by atoms with Crippen LogP contribution < -0.4 is 11.1 Å². The number of nitrogens with one attached hydrogen (secondary N) is 1. The van der Waals surface area contributed by atoms with Gasteiger partial charge in [0.1, 0.15) is 5.75 Å². The molecule has 0 aliphatic carbocycles. The number of nitrogens with zero attached hydrogens (tertiary/aromatic N) is 2. The molecule has 0 saturated carbocycles. The van der Waals surface area contributed by atoms with Crippen LogP contribution in [0.3, 0.4) is 0 Å². The lowest BCUT2D eigenvalue weighted by Crippen LogP contribution is -2.26. The summed E-state index contributed by atoms with van der Waals surface area (Å²) in [5, 5.41) is 8.96. The maximum Gasteiger partial charge on any atom is 0.235 e. The number of anilines is 1. The Balaban J connectivity index is 2.92. The third kappa shape index (κ3) is 2.39. The third-order valence-electron chi connectivity index (χ3n) is 1.29. The zero-order valence-corrected chi connectivity index (χ0v) is 8.85. The Morgan fingerprint density at radius 1 is 1.57 bits per heavy atom. The van der Waals surface area contributed by atoms with Gasteiger partial charge in [-0.05, 0) is 0 Å². The molecule has 0 atom stereocenters. The van der Waals surface area contributed by atoms with Crippen molar-refractivity contribution in [2.75, 3.05) is 18.5 Å². The Kier molecular flexibility index (Phi) is 3.01.